The van der Waals surface area contributed by atoms with E-state index in [2.05, 4.69) is 4.98 Å². The molecule has 0 aliphatic rings. The van der Waals surface area contributed by atoms with Gasteiger partial charge < -0.3 is 4.42 Å². The van der Waals surface area contributed by atoms with Crippen LogP contribution in [-0.4, -0.2) is 24.8 Å². The molecule has 0 fully saturated rings. The summed E-state index contributed by atoms with van der Waals surface area (Å²) >= 11 is 2.79. The first kappa shape index (κ1) is 18.4. The van der Waals surface area contributed by atoms with Gasteiger partial charge in [-0.2, -0.15) is 0 Å². The molecule has 3 heterocycles. The number of aromatic nitrogens is 3. The summed E-state index contributed by atoms with van der Waals surface area (Å²) < 4.78 is 8.68. The van der Waals surface area contributed by atoms with Gasteiger partial charge in [-0.3, -0.25) is 24.0 Å². The molecule has 0 saturated carbocycles. The summed E-state index contributed by atoms with van der Waals surface area (Å²) in [5.74, 6) is 0.0648. The quantitative estimate of drug-likeness (QED) is 0.155. The zero-order chi connectivity index (χ0) is 19.8. The number of non-ortho nitro benzene ring substituents is 1. The molecule has 0 radical (unpaired) electrons. The molecule has 3 aromatic heterocycles. The van der Waals surface area contributed by atoms with Crippen LogP contribution in [0.1, 0.15) is 6.42 Å². The first-order chi connectivity index (χ1) is 13.5. The number of rotatable bonds is 6. The largest absolute Gasteiger partial charge is 0.419 e. The number of thioether (sulfide) groups is 1. The summed E-state index contributed by atoms with van der Waals surface area (Å²) in [4.78, 5) is 39.3. The van der Waals surface area contributed by atoms with Crippen LogP contribution in [-0.2, 0) is 13.6 Å². The van der Waals surface area contributed by atoms with Gasteiger partial charge in [0.15, 0.2) is 10.7 Å². The number of nitro benzene ring substituents is 1. The number of nitro groups is 1. The zero-order valence-electron chi connectivity index (χ0n) is 14.7. The smallest absolute Gasteiger partial charge is 0.408 e. The first-order valence-corrected chi connectivity index (χ1v) is 10.2. The van der Waals surface area contributed by atoms with Gasteiger partial charge in [0.25, 0.3) is 11.2 Å². The highest BCUT2D eigenvalue weighted by Crippen LogP contribution is 2.22. The number of fused-ring (bicyclic) bond motifs is 2. The molecule has 4 rings (SSSR count). The van der Waals surface area contributed by atoms with E-state index in [0.29, 0.717) is 45.2 Å². The number of oxazole rings is 1. The standard InChI is InChI=1S/C17H14N4O5S2/c1-19-15(22)14-11(5-8-27-14)18-16(19)28-7-2-6-20-12-9-10(21(24)25)3-4-13(12)26-17(20)23/h3-5,8-9H,2,6-7H2,1H3. The number of aryl methyl sites for hydroxylation is 1. The van der Waals surface area contributed by atoms with Crippen LogP contribution in [0.3, 0.4) is 0 Å². The number of benzene rings is 1. The molecular formula is C17H14N4O5S2. The fourth-order valence-corrected chi connectivity index (χ4v) is 4.56. The van der Waals surface area contributed by atoms with E-state index in [1.165, 1.54) is 50.4 Å². The van der Waals surface area contributed by atoms with E-state index in [1.807, 2.05) is 11.4 Å². The molecule has 1 aromatic carbocycles. The second-order valence-corrected chi connectivity index (χ2v) is 8.00. The summed E-state index contributed by atoms with van der Waals surface area (Å²) in [5.41, 5.74) is 1.22. The summed E-state index contributed by atoms with van der Waals surface area (Å²) in [5, 5.41) is 13.4. The molecule has 0 N–H and O–H groups in total. The van der Waals surface area contributed by atoms with E-state index in [9.17, 15) is 19.7 Å². The van der Waals surface area contributed by atoms with E-state index < -0.39 is 10.7 Å². The molecule has 0 saturated heterocycles. The second kappa shape index (κ2) is 7.24. The predicted molar refractivity (Wildman–Crippen MR) is 107 cm³/mol. The summed E-state index contributed by atoms with van der Waals surface area (Å²) in [6.45, 7) is 0.342. The maximum atomic E-state index is 12.3. The van der Waals surface area contributed by atoms with Crippen LogP contribution >= 0.6 is 23.1 Å². The van der Waals surface area contributed by atoms with Crippen molar-refractivity contribution in [2.75, 3.05) is 5.75 Å². The Hall–Kier alpha value is -2.92. The van der Waals surface area contributed by atoms with Gasteiger partial charge in [-0.25, -0.2) is 9.78 Å². The highest BCUT2D eigenvalue weighted by molar-refractivity contribution is 7.99. The van der Waals surface area contributed by atoms with Crippen molar-refractivity contribution in [1.29, 1.82) is 0 Å². The van der Waals surface area contributed by atoms with Crippen LogP contribution < -0.4 is 11.3 Å². The van der Waals surface area contributed by atoms with Crippen molar-refractivity contribution in [3.8, 4) is 0 Å². The molecule has 0 aliphatic heterocycles. The molecule has 0 aliphatic carbocycles. The number of thiophene rings is 1. The molecule has 0 bridgehead atoms. The van der Waals surface area contributed by atoms with E-state index in [-0.39, 0.29) is 11.2 Å². The van der Waals surface area contributed by atoms with E-state index in [0.717, 1.165) is 0 Å². The predicted octanol–water partition coefficient (Wildman–Crippen LogP) is 2.99. The summed E-state index contributed by atoms with van der Waals surface area (Å²) in [6.07, 6.45) is 0.597. The highest BCUT2D eigenvalue weighted by Gasteiger charge is 2.14. The molecule has 28 heavy (non-hydrogen) atoms. The third-order valence-electron chi connectivity index (χ3n) is 4.27. The summed E-state index contributed by atoms with van der Waals surface area (Å²) in [6, 6.07) is 5.88. The Balaban J connectivity index is 1.50. The minimum absolute atomic E-state index is 0.0770. The van der Waals surface area contributed by atoms with Crippen LogP contribution in [0.2, 0.25) is 0 Å². The lowest BCUT2D eigenvalue weighted by atomic mass is 10.3. The fourth-order valence-electron chi connectivity index (χ4n) is 2.86. The lowest BCUT2D eigenvalue weighted by Crippen LogP contribution is -2.19. The Morgan fingerprint density at radius 1 is 1.32 bits per heavy atom. The van der Waals surface area contributed by atoms with Crippen molar-refractivity contribution in [2.24, 2.45) is 7.05 Å². The van der Waals surface area contributed by atoms with Gasteiger partial charge in [0.2, 0.25) is 0 Å². The Labute approximate surface area is 165 Å². The van der Waals surface area contributed by atoms with E-state index in [4.69, 9.17) is 4.42 Å². The Bertz CT molecular complexity index is 1320. The molecule has 144 valence electrons. The lowest BCUT2D eigenvalue weighted by molar-refractivity contribution is -0.384. The number of hydrogen-bond acceptors (Lipinski definition) is 8. The first-order valence-electron chi connectivity index (χ1n) is 8.30. The molecular weight excluding hydrogens is 404 g/mol. The molecule has 9 nitrogen and oxygen atoms in total. The maximum Gasteiger partial charge on any atom is 0.419 e. The lowest BCUT2D eigenvalue weighted by Gasteiger charge is -2.07. The van der Waals surface area contributed by atoms with E-state index >= 15 is 0 Å². The van der Waals surface area contributed by atoms with Crippen molar-refractivity contribution in [1.82, 2.24) is 14.1 Å². The highest BCUT2D eigenvalue weighted by atomic mass is 32.2. The Morgan fingerprint density at radius 3 is 2.93 bits per heavy atom. The summed E-state index contributed by atoms with van der Waals surface area (Å²) in [7, 11) is 1.68. The van der Waals surface area contributed by atoms with Crippen molar-refractivity contribution in [2.45, 2.75) is 18.1 Å². The van der Waals surface area contributed by atoms with Crippen LogP contribution in [0.15, 0.2) is 48.8 Å². The Morgan fingerprint density at radius 2 is 2.14 bits per heavy atom. The van der Waals surface area contributed by atoms with Crippen molar-refractivity contribution in [3.05, 3.63) is 60.7 Å². The van der Waals surface area contributed by atoms with Crippen LogP contribution in [0.4, 0.5) is 5.69 Å². The van der Waals surface area contributed by atoms with Crippen molar-refractivity contribution < 1.29 is 9.34 Å². The number of hydrogen-bond donors (Lipinski definition) is 0. The molecule has 11 heteroatoms. The third-order valence-corrected chi connectivity index (χ3v) is 6.27. The van der Waals surface area contributed by atoms with Crippen molar-refractivity contribution in [3.63, 3.8) is 0 Å². The normalized spacial score (nSPS) is 11.5. The van der Waals surface area contributed by atoms with Gasteiger partial charge in [-0.1, -0.05) is 11.8 Å². The molecule has 0 spiro atoms. The molecule has 4 aromatic rings. The maximum absolute atomic E-state index is 12.3. The average Bonchev–Trinajstić information content (AvgIpc) is 3.26. The van der Waals surface area contributed by atoms with E-state index in [1.54, 1.807) is 7.05 Å². The van der Waals surface area contributed by atoms with Gasteiger partial charge in [0.1, 0.15) is 4.70 Å². The van der Waals surface area contributed by atoms with Crippen LogP contribution in [0, 0.1) is 10.1 Å². The minimum Gasteiger partial charge on any atom is -0.408 e. The molecule has 0 amide bonds. The zero-order valence-corrected chi connectivity index (χ0v) is 16.3. The second-order valence-electron chi connectivity index (χ2n) is 6.02. The SMILES string of the molecule is Cn1c(SCCCn2c(=O)oc3ccc([N+](=O)[O-])cc32)nc2ccsc2c1=O. The topological polar surface area (TPSA) is 113 Å². The monoisotopic (exact) mass is 418 g/mol. The van der Waals surface area contributed by atoms with Crippen LogP contribution in [0.5, 0.6) is 0 Å². The molecule has 0 atom stereocenters. The minimum atomic E-state index is -0.550. The van der Waals surface area contributed by atoms with Gasteiger partial charge >= 0.3 is 5.76 Å². The Kier molecular flexibility index (Phi) is 4.77. The third kappa shape index (κ3) is 3.22. The fraction of sp³-hybridized carbons (Fsp3) is 0.235. The van der Waals surface area contributed by atoms with Gasteiger partial charge in [-0.15, -0.1) is 11.3 Å². The number of nitrogens with zero attached hydrogens (tertiary/aromatic N) is 4. The van der Waals surface area contributed by atoms with Gasteiger partial charge in [0.05, 0.1) is 16.0 Å². The average molecular weight is 418 g/mol. The van der Waals surface area contributed by atoms with Crippen LogP contribution in [0.25, 0.3) is 21.3 Å². The van der Waals surface area contributed by atoms with Gasteiger partial charge in [-0.05, 0) is 23.9 Å². The van der Waals surface area contributed by atoms with Gasteiger partial charge in [0, 0.05) is 31.5 Å². The molecule has 0 unspecified atom stereocenters. The van der Waals surface area contributed by atoms with Crippen molar-refractivity contribution >= 4 is 50.1 Å².